The fourth-order valence-corrected chi connectivity index (χ4v) is 5.33. The van der Waals surface area contributed by atoms with Crippen molar-refractivity contribution in [3.05, 3.63) is 83.4 Å². The van der Waals surface area contributed by atoms with Crippen molar-refractivity contribution < 1.29 is 24.4 Å². The Bertz CT molecular complexity index is 1230. The molecular weight excluding hydrogens is 478 g/mol. The molecule has 3 aromatic rings. The summed E-state index contributed by atoms with van der Waals surface area (Å²) in [5.74, 6) is 2.46. The molecule has 6 nitrogen and oxygen atoms in total. The highest BCUT2D eigenvalue weighted by Gasteiger charge is 2.19. The number of aliphatic hydroxyl groups excluding tert-OH is 1. The predicted molar refractivity (Wildman–Crippen MR) is 150 cm³/mol. The lowest BCUT2D eigenvalue weighted by atomic mass is 9.88. The monoisotopic (exact) mass is 515 g/mol. The Labute approximate surface area is 224 Å². The van der Waals surface area contributed by atoms with Crippen molar-refractivity contribution in [3.63, 3.8) is 0 Å². The van der Waals surface area contributed by atoms with Crippen LogP contribution in [0.1, 0.15) is 62.1 Å². The molecule has 1 atom stereocenters. The highest BCUT2D eigenvalue weighted by molar-refractivity contribution is 5.99. The zero-order valence-electron chi connectivity index (χ0n) is 22.0. The van der Waals surface area contributed by atoms with Gasteiger partial charge in [0.2, 0.25) is 6.79 Å². The van der Waals surface area contributed by atoms with Crippen molar-refractivity contribution in [2.75, 3.05) is 19.9 Å². The fourth-order valence-electron chi connectivity index (χ4n) is 5.33. The molecule has 1 saturated carbocycles. The van der Waals surface area contributed by atoms with E-state index in [4.69, 9.17) is 14.2 Å². The molecule has 3 N–H and O–H groups in total. The number of nitrogens with one attached hydrogen (secondary N) is 1. The molecule has 0 amide bonds. The SMILES string of the molecule is CCC(=C(c1ccc(O)cc1)c1ccc(OCC(O)CNC2CCCCC2)cc1)c1ccc2c(c1)OCO2. The van der Waals surface area contributed by atoms with Crippen molar-refractivity contribution in [2.45, 2.75) is 57.6 Å². The molecule has 1 heterocycles. The molecule has 2 aliphatic rings. The molecular formula is C32H37NO5. The summed E-state index contributed by atoms with van der Waals surface area (Å²) in [6.45, 7) is 3.17. The van der Waals surface area contributed by atoms with Gasteiger partial charge in [-0.25, -0.2) is 0 Å². The van der Waals surface area contributed by atoms with Gasteiger partial charge in [0.15, 0.2) is 11.5 Å². The van der Waals surface area contributed by atoms with Gasteiger partial charge in [0.1, 0.15) is 24.2 Å². The van der Waals surface area contributed by atoms with Crippen LogP contribution in [0.25, 0.3) is 11.1 Å². The van der Waals surface area contributed by atoms with Crippen LogP contribution in [0.3, 0.4) is 0 Å². The summed E-state index contributed by atoms with van der Waals surface area (Å²) in [5.41, 5.74) is 5.35. The minimum atomic E-state index is -0.554. The molecule has 200 valence electrons. The molecule has 38 heavy (non-hydrogen) atoms. The molecule has 1 aliphatic carbocycles. The van der Waals surface area contributed by atoms with E-state index in [2.05, 4.69) is 18.3 Å². The third kappa shape index (κ3) is 6.32. The van der Waals surface area contributed by atoms with Crippen molar-refractivity contribution in [2.24, 2.45) is 0 Å². The van der Waals surface area contributed by atoms with Crippen molar-refractivity contribution >= 4 is 11.1 Å². The lowest BCUT2D eigenvalue weighted by Gasteiger charge is -2.24. The summed E-state index contributed by atoms with van der Waals surface area (Å²) < 4.78 is 17.1. The molecule has 0 aromatic heterocycles. The second-order valence-electron chi connectivity index (χ2n) is 10.1. The van der Waals surface area contributed by atoms with Gasteiger partial charge >= 0.3 is 0 Å². The molecule has 3 aromatic carbocycles. The zero-order valence-corrected chi connectivity index (χ0v) is 22.0. The summed E-state index contributed by atoms with van der Waals surface area (Å²) in [6.07, 6.45) is 6.49. The van der Waals surface area contributed by atoms with Crippen LogP contribution in [-0.4, -0.2) is 42.3 Å². The summed E-state index contributed by atoms with van der Waals surface area (Å²) in [5, 5.41) is 23.8. The van der Waals surface area contributed by atoms with E-state index in [1.165, 1.54) is 32.1 Å². The van der Waals surface area contributed by atoms with E-state index in [-0.39, 0.29) is 19.1 Å². The van der Waals surface area contributed by atoms with Crippen LogP contribution < -0.4 is 19.5 Å². The first-order valence-electron chi connectivity index (χ1n) is 13.7. The van der Waals surface area contributed by atoms with Crippen molar-refractivity contribution in [3.8, 4) is 23.0 Å². The summed E-state index contributed by atoms with van der Waals surface area (Å²) >= 11 is 0. The molecule has 6 heteroatoms. The van der Waals surface area contributed by atoms with Crippen LogP contribution in [-0.2, 0) is 0 Å². The number of hydrogen-bond donors (Lipinski definition) is 3. The molecule has 1 unspecified atom stereocenters. The number of ether oxygens (including phenoxy) is 3. The normalized spacial score (nSPS) is 16.7. The minimum absolute atomic E-state index is 0.231. The first-order chi connectivity index (χ1) is 18.6. The van der Waals surface area contributed by atoms with Gasteiger partial charge in [-0.15, -0.1) is 0 Å². The topological polar surface area (TPSA) is 80.2 Å². The van der Waals surface area contributed by atoms with Crippen LogP contribution in [0.2, 0.25) is 0 Å². The summed E-state index contributed by atoms with van der Waals surface area (Å²) in [4.78, 5) is 0. The average molecular weight is 516 g/mol. The second kappa shape index (κ2) is 12.4. The first-order valence-corrected chi connectivity index (χ1v) is 13.7. The van der Waals surface area contributed by atoms with Crippen LogP contribution in [0, 0.1) is 0 Å². The second-order valence-corrected chi connectivity index (χ2v) is 10.1. The van der Waals surface area contributed by atoms with Crippen molar-refractivity contribution in [1.29, 1.82) is 0 Å². The molecule has 0 radical (unpaired) electrons. The van der Waals surface area contributed by atoms with Gasteiger partial charge in [-0.2, -0.15) is 0 Å². The van der Waals surface area contributed by atoms with E-state index >= 15 is 0 Å². The maximum atomic E-state index is 10.4. The Balaban J connectivity index is 1.35. The predicted octanol–water partition coefficient (Wildman–Crippen LogP) is 6.15. The molecule has 0 spiro atoms. The van der Waals surface area contributed by atoms with E-state index in [9.17, 15) is 10.2 Å². The molecule has 0 saturated heterocycles. The highest BCUT2D eigenvalue weighted by Crippen LogP contribution is 2.40. The average Bonchev–Trinajstić information content (AvgIpc) is 3.43. The van der Waals surface area contributed by atoms with Crippen LogP contribution in [0.5, 0.6) is 23.0 Å². The Morgan fingerprint density at radius 2 is 1.55 bits per heavy atom. The van der Waals surface area contributed by atoms with Gasteiger partial charge < -0.3 is 29.7 Å². The van der Waals surface area contributed by atoms with Gasteiger partial charge in [0.05, 0.1) is 0 Å². The number of allylic oxidation sites excluding steroid dienone is 1. The molecule has 5 rings (SSSR count). The smallest absolute Gasteiger partial charge is 0.231 e. The maximum absolute atomic E-state index is 10.4. The molecule has 1 fully saturated rings. The number of aromatic hydroxyl groups is 1. The number of aliphatic hydroxyl groups is 1. The molecule has 1 aliphatic heterocycles. The summed E-state index contributed by atoms with van der Waals surface area (Å²) in [7, 11) is 0. The van der Waals surface area contributed by atoms with E-state index < -0.39 is 6.10 Å². The van der Waals surface area contributed by atoms with Gasteiger partial charge in [-0.3, -0.25) is 0 Å². The van der Waals surface area contributed by atoms with Crippen LogP contribution in [0.15, 0.2) is 66.7 Å². The Morgan fingerprint density at radius 1 is 0.895 bits per heavy atom. The fraction of sp³-hybridized carbons (Fsp3) is 0.375. The van der Waals surface area contributed by atoms with Crippen LogP contribution >= 0.6 is 0 Å². The Morgan fingerprint density at radius 3 is 2.26 bits per heavy atom. The number of phenolic OH excluding ortho intramolecular Hbond substituents is 1. The number of fused-ring (bicyclic) bond motifs is 1. The van der Waals surface area contributed by atoms with Gasteiger partial charge in [-0.05, 0) is 83.5 Å². The Kier molecular flexibility index (Phi) is 8.51. The van der Waals surface area contributed by atoms with E-state index in [1.54, 1.807) is 12.1 Å². The number of phenols is 1. The van der Waals surface area contributed by atoms with Crippen molar-refractivity contribution in [1.82, 2.24) is 5.32 Å². The first kappa shape index (κ1) is 26.1. The highest BCUT2D eigenvalue weighted by atomic mass is 16.7. The lowest BCUT2D eigenvalue weighted by Crippen LogP contribution is -2.38. The number of hydrogen-bond acceptors (Lipinski definition) is 6. The van der Waals surface area contributed by atoms with Gasteiger partial charge in [-0.1, -0.05) is 56.5 Å². The van der Waals surface area contributed by atoms with E-state index in [1.807, 2.05) is 48.5 Å². The minimum Gasteiger partial charge on any atom is -0.508 e. The Hall–Kier alpha value is -3.48. The third-order valence-electron chi connectivity index (χ3n) is 7.37. The lowest BCUT2D eigenvalue weighted by molar-refractivity contribution is 0.102. The quantitative estimate of drug-likeness (QED) is 0.281. The van der Waals surface area contributed by atoms with E-state index in [0.717, 1.165) is 51.5 Å². The largest absolute Gasteiger partial charge is 0.508 e. The standard InChI is InChI=1S/C32H37NO5/c1-2-29(24-12-17-30-31(18-24)38-21-37-30)32(22-8-13-26(34)14-9-22)23-10-15-28(16-11-23)36-20-27(35)19-33-25-6-4-3-5-7-25/h8-18,25,27,33-35H,2-7,19-21H2,1H3. The van der Waals surface area contributed by atoms with Crippen LogP contribution in [0.4, 0.5) is 0 Å². The number of rotatable bonds is 10. The maximum Gasteiger partial charge on any atom is 0.231 e. The third-order valence-corrected chi connectivity index (χ3v) is 7.37. The van der Waals surface area contributed by atoms with E-state index in [0.29, 0.717) is 12.6 Å². The van der Waals surface area contributed by atoms with Gasteiger partial charge in [0, 0.05) is 12.6 Å². The molecule has 0 bridgehead atoms. The zero-order chi connectivity index (χ0) is 26.3. The van der Waals surface area contributed by atoms with Gasteiger partial charge in [0.25, 0.3) is 0 Å². The summed E-state index contributed by atoms with van der Waals surface area (Å²) in [6, 6.07) is 21.8. The number of benzene rings is 3.